The first kappa shape index (κ1) is 12.5. The van der Waals surface area contributed by atoms with Crippen LogP contribution in [-0.4, -0.2) is 24.7 Å². The largest absolute Gasteiger partial charge is 0.478 e. The molecule has 0 spiro atoms. The number of anilines is 1. The van der Waals surface area contributed by atoms with Gasteiger partial charge in [0.1, 0.15) is 5.82 Å². The lowest BCUT2D eigenvalue weighted by atomic mass is 10.1. The van der Waals surface area contributed by atoms with Crippen LogP contribution in [0.2, 0.25) is 0 Å². The molecule has 0 aliphatic carbocycles. The van der Waals surface area contributed by atoms with Crippen LogP contribution in [0.3, 0.4) is 0 Å². The summed E-state index contributed by atoms with van der Waals surface area (Å²) >= 11 is 0. The van der Waals surface area contributed by atoms with Gasteiger partial charge in [0.15, 0.2) is 0 Å². The van der Waals surface area contributed by atoms with Gasteiger partial charge < -0.3 is 10.0 Å². The van der Waals surface area contributed by atoms with Gasteiger partial charge in [0.25, 0.3) is 0 Å². The second-order valence-electron chi connectivity index (χ2n) is 4.24. The molecule has 3 nitrogen and oxygen atoms in total. The summed E-state index contributed by atoms with van der Waals surface area (Å²) in [5, 5.41) is 8.69. The Labute approximate surface area is 94.5 Å². The van der Waals surface area contributed by atoms with Crippen molar-refractivity contribution < 1.29 is 14.3 Å². The summed E-state index contributed by atoms with van der Waals surface area (Å²) in [6.07, 6.45) is 0. The average molecular weight is 225 g/mol. The number of aromatic carboxylic acids is 1. The van der Waals surface area contributed by atoms with Crippen LogP contribution in [0.5, 0.6) is 0 Å². The number of benzene rings is 1. The van der Waals surface area contributed by atoms with Crippen LogP contribution in [0.1, 0.15) is 24.2 Å². The number of carbonyl (C=O) groups is 1. The Balaban J connectivity index is 2.92. The number of carboxylic acids is 1. The van der Waals surface area contributed by atoms with Crippen LogP contribution in [0.4, 0.5) is 10.1 Å². The van der Waals surface area contributed by atoms with Crippen molar-refractivity contribution in [2.24, 2.45) is 5.92 Å². The minimum Gasteiger partial charge on any atom is -0.478 e. The van der Waals surface area contributed by atoms with E-state index in [0.29, 0.717) is 11.6 Å². The van der Waals surface area contributed by atoms with Gasteiger partial charge in [-0.3, -0.25) is 0 Å². The second-order valence-corrected chi connectivity index (χ2v) is 4.24. The van der Waals surface area contributed by atoms with E-state index in [4.69, 9.17) is 5.11 Å². The third-order valence-electron chi connectivity index (χ3n) is 2.26. The van der Waals surface area contributed by atoms with Gasteiger partial charge in [0.2, 0.25) is 0 Å². The monoisotopic (exact) mass is 225 g/mol. The van der Waals surface area contributed by atoms with E-state index in [1.807, 2.05) is 11.9 Å². The third-order valence-corrected chi connectivity index (χ3v) is 2.26. The maximum absolute atomic E-state index is 13.4. The van der Waals surface area contributed by atoms with Gasteiger partial charge in [-0.05, 0) is 24.1 Å². The van der Waals surface area contributed by atoms with Crippen molar-refractivity contribution in [1.82, 2.24) is 0 Å². The highest BCUT2D eigenvalue weighted by Gasteiger charge is 2.12. The SMILES string of the molecule is CC(C)CN(C)c1ccc(C(=O)O)c(F)c1. The molecule has 0 saturated heterocycles. The number of halogens is 1. The van der Waals surface area contributed by atoms with E-state index in [1.54, 1.807) is 6.07 Å². The number of hydrogen-bond donors (Lipinski definition) is 1. The molecule has 0 amide bonds. The minimum absolute atomic E-state index is 0.290. The first-order chi connectivity index (χ1) is 7.41. The van der Waals surface area contributed by atoms with E-state index >= 15 is 0 Å². The summed E-state index contributed by atoms with van der Waals surface area (Å²) in [5.41, 5.74) is 0.401. The number of nitrogens with zero attached hydrogens (tertiary/aromatic N) is 1. The smallest absolute Gasteiger partial charge is 0.338 e. The summed E-state index contributed by atoms with van der Waals surface area (Å²) in [5.74, 6) is -1.47. The number of carboxylic acid groups (broad SMARTS) is 1. The molecular weight excluding hydrogens is 209 g/mol. The van der Waals surface area contributed by atoms with Crippen LogP contribution in [0.25, 0.3) is 0 Å². The highest BCUT2D eigenvalue weighted by Crippen LogP contribution is 2.18. The van der Waals surface area contributed by atoms with Gasteiger partial charge in [-0.25, -0.2) is 9.18 Å². The molecule has 1 aromatic rings. The fourth-order valence-electron chi connectivity index (χ4n) is 1.57. The van der Waals surface area contributed by atoms with E-state index in [9.17, 15) is 9.18 Å². The highest BCUT2D eigenvalue weighted by atomic mass is 19.1. The molecule has 1 aromatic carbocycles. The van der Waals surface area contributed by atoms with Gasteiger partial charge in [-0.15, -0.1) is 0 Å². The van der Waals surface area contributed by atoms with Crippen LogP contribution in [0, 0.1) is 11.7 Å². The van der Waals surface area contributed by atoms with Crippen molar-refractivity contribution in [2.45, 2.75) is 13.8 Å². The Bertz CT molecular complexity index is 391. The molecule has 0 atom stereocenters. The molecule has 88 valence electrons. The molecule has 4 heteroatoms. The van der Waals surface area contributed by atoms with Crippen molar-refractivity contribution in [3.63, 3.8) is 0 Å². The van der Waals surface area contributed by atoms with Gasteiger partial charge >= 0.3 is 5.97 Å². The lowest BCUT2D eigenvalue weighted by Gasteiger charge is -2.21. The van der Waals surface area contributed by atoms with Gasteiger partial charge in [-0.2, -0.15) is 0 Å². The highest BCUT2D eigenvalue weighted by molar-refractivity contribution is 5.88. The summed E-state index contributed by atoms with van der Waals surface area (Å²) in [6.45, 7) is 4.93. The molecular formula is C12H16FNO2. The molecule has 0 unspecified atom stereocenters. The zero-order valence-corrected chi connectivity index (χ0v) is 9.70. The number of rotatable bonds is 4. The molecule has 0 aromatic heterocycles. The predicted molar refractivity (Wildman–Crippen MR) is 61.5 cm³/mol. The Morgan fingerprint density at radius 1 is 1.50 bits per heavy atom. The van der Waals surface area contributed by atoms with Crippen LogP contribution in [-0.2, 0) is 0 Å². The summed E-state index contributed by atoms with van der Waals surface area (Å²) in [4.78, 5) is 12.5. The quantitative estimate of drug-likeness (QED) is 0.856. The van der Waals surface area contributed by atoms with Gasteiger partial charge in [-0.1, -0.05) is 13.8 Å². The van der Waals surface area contributed by atoms with Gasteiger partial charge in [0, 0.05) is 19.3 Å². The molecule has 0 aliphatic heterocycles. The normalized spacial score (nSPS) is 10.6. The fourth-order valence-corrected chi connectivity index (χ4v) is 1.57. The van der Waals surface area contributed by atoms with Crippen LogP contribution >= 0.6 is 0 Å². The Morgan fingerprint density at radius 3 is 2.56 bits per heavy atom. The maximum Gasteiger partial charge on any atom is 0.338 e. The second kappa shape index (κ2) is 4.96. The third kappa shape index (κ3) is 2.95. The Kier molecular flexibility index (Phi) is 3.88. The summed E-state index contributed by atoms with van der Waals surface area (Å²) in [7, 11) is 1.86. The van der Waals surface area contributed by atoms with Crippen molar-refractivity contribution in [2.75, 3.05) is 18.5 Å². The zero-order chi connectivity index (χ0) is 12.3. The van der Waals surface area contributed by atoms with Crippen molar-refractivity contribution >= 4 is 11.7 Å². The fraction of sp³-hybridized carbons (Fsp3) is 0.417. The molecule has 0 heterocycles. The standard InChI is InChI=1S/C12H16FNO2/c1-8(2)7-14(3)9-4-5-10(12(15)16)11(13)6-9/h4-6,8H,7H2,1-3H3,(H,15,16). The lowest BCUT2D eigenvalue weighted by Crippen LogP contribution is -2.22. The molecule has 0 saturated carbocycles. The molecule has 0 bridgehead atoms. The van der Waals surface area contributed by atoms with E-state index in [-0.39, 0.29) is 5.56 Å². The Morgan fingerprint density at radius 2 is 2.12 bits per heavy atom. The Hall–Kier alpha value is -1.58. The van der Waals surface area contributed by atoms with E-state index in [0.717, 1.165) is 6.54 Å². The predicted octanol–water partition coefficient (Wildman–Crippen LogP) is 2.62. The van der Waals surface area contributed by atoms with E-state index in [1.165, 1.54) is 12.1 Å². The molecule has 1 rings (SSSR count). The number of hydrogen-bond acceptors (Lipinski definition) is 2. The van der Waals surface area contributed by atoms with E-state index < -0.39 is 11.8 Å². The molecule has 0 fully saturated rings. The first-order valence-electron chi connectivity index (χ1n) is 5.15. The summed E-state index contributed by atoms with van der Waals surface area (Å²) in [6, 6.07) is 4.17. The minimum atomic E-state index is -1.24. The van der Waals surface area contributed by atoms with Crippen LogP contribution < -0.4 is 4.90 Å². The van der Waals surface area contributed by atoms with Crippen molar-refractivity contribution in [1.29, 1.82) is 0 Å². The first-order valence-corrected chi connectivity index (χ1v) is 5.15. The van der Waals surface area contributed by atoms with Crippen molar-refractivity contribution in [3.8, 4) is 0 Å². The van der Waals surface area contributed by atoms with Crippen LogP contribution in [0.15, 0.2) is 18.2 Å². The van der Waals surface area contributed by atoms with Gasteiger partial charge in [0.05, 0.1) is 5.56 Å². The molecule has 1 N–H and O–H groups in total. The molecule has 0 radical (unpaired) electrons. The van der Waals surface area contributed by atoms with E-state index in [2.05, 4.69) is 13.8 Å². The maximum atomic E-state index is 13.4. The zero-order valence-electron chi connectivity index (χ0n) is 9.70. The lowest BCUT2D eigenvalue weighted by molar-refractivity contribution is 0.0692. The topological polar surface area (TPSA) is 40.5 Å². The molecule has 16 heavy (non-hydrogen) atoms. The molecule has 0 aliphatic rings. The van der Waals surface area contributed by atoms with Crippen molar-refractivity contribution in [3.05, 3.63) is 29.6 Å². The summed E-state index contributed by atoms with van der Waals surface area (Å²) < 4.78 is 13.4. The average Bonchev–Trinajstić information content (AvgIpc) is 2.15.